The second-order valence-corrected chi connectivity index (χ2v) is 7.03. The van der Waals surface area contributed by atoms with Crippen molar-refractivity contribution in [3.8, 4) is 5.75 Å². The number of carbonyl (C=O) groups excluding carboxylic acids is 2. The summed E-state index contributed by atoms with van der Waals surface area (Å²) >= 11 is 0. The number of hydrogen-bond donors (Lipinski definition) is 2. The smallest absolute Gasteiger partial charge is 0.265 e. The number of para-hydroxylation sites is 1. The van der Waals surface area contributed by atoms with Crippen LogP contribution in [0.15, 0.2) is 89.5 Å². The van der Waals surface area contributed by atoms with E-state index >= 15 is 0 Å². The molecule has 2 amide bonds. The van der Waals surface area contributed by atoms with Crippen LogP contribution in [-0.4, -0.2) is 17.9 Å². The summed E-state index contributed by atoms with van der Waals surface area (Å²) in [5, 5.41) is 7.56. The largest absolute Gasteiger partial charge is 0.480 e. The first-order chi connectivity index (χ1) is 15.1. The third-order valence-electron chi connectivity index (χ3n) is 4.86. The second-order valence-electron chi connectivity index (χ2n) is 7.03. The third kappa shape index (κ3) is 4.75. The van der Waals surface area contributed by atoms with E-state index in [1.165, 1.54) is 0 Å². The first kappa shape index (κ1) is 20.2. The van der Waals surface area contributed by atoms with Crippen molar-refractivity contribution in [2.24, 2.45) is 0 Å². The lowest BCUT2D eigenvalue weighted by atomic mass is 10.1. The summed E-state index contributed by atoms with van der Waals surface area (Å²) in [6, 6.07) is 23.9. The maximum Gasteiger partial charge on any atom is 0.265 e. The van der Waals surface area contributed by atoms with Gasteiger partial charge in [0, 0.05) is 5.39 Å². The molecule has 6 nitrogen and oxygen atoms in total. The van der Waals surface area contributed by atoms with Gasteiger partial charge in [-0.15, -0.1) is 0 Å². The van der Waals surface area contributed by atoms with Crippen molar-refractivity contribution in [2.75, 3.05) is 5.32 Å². The van der Waals surface area contributed by atoms with Crippen LogP contribution in [0.25, 0.3) is 10.8 Å². The summed E-state index contributed by atoms with van der Waals surface area (Å²) in [6.07, 6.45) is 0.789. The van der Waals surface area contributed by atoms with E-state index in [9.17, 15) is 9.59 Å². The maximum absolute atomic E-state index is 12.8. The quantitative estimate of drug-likeness (QED) is 0.457. The van der Waals surface area contributed by atoms with E-state index in [1.807, 2.05) is 42.5 Å². The van der Waals surface area contributed by atoms with Gasteiger partial charge in [-0.2, -0.15) is 0 Å². The molecule has 0 radical (unpaired) electrons. The number of rotatable bonds is 7. The number of ether oxygens (including phenoxy) is 1. The van der Waals surface area contributed by atoms with Crippen LogP contribution in [-0.2, 0) is 11.3 Å². The number of furan rings is 1. The van der Waals surface area contributed by atoms with Gasteiger partial charge >= 0.3 is 0 Å². The zero-order chi connectivity index (χ0) is 21.6. The predicted molar refractivity (Wildman–Crippen MR) is 119 cm³/mol. The first-order valence-corrected chi connectivity index (χ1v) is 9.97. The van der Waals surface area contributed by atoms with Gasteiger partial charge in [0.15, 0.2) is 6.10 Å². The van der Waals surface area contributed by atoms with Gasteiger partial charge in [0.25, 0.3) is 11.8 Å². The highest BCUT2D eigenvalue weighted by Gasteiger charge is 2.19. The Bertz CT molecular complexity index is 1200. The summed E-state index contributed by atoms with van der Waals surface area (Å²) in [5.74, 6) is 0.617. The van der Waals surface area contributed by atoms with E-state index in [2.05, 4.69) is 10.6 Å². The lowest BCUT2D eigenvalue weighted by Crippen LogP contribution is -2.31. The number of benzene rings is 3. The molecule has 6 heteroatoms. The normalized spacial score (nSPS) is 11.6. The molecule has 2 N–H and O–H groups in total. The van der Waals surface area contributed by atoms with Crippen molar-refractivity contribution < 1.29 is 18.7 Å². The van der Waals surface area contributed by atoms with Crippen LogP contribution in [0.2, 0.25) is 0 Å². The van der Waals surface area contributed by atoms with E-state index in [0.717, 1.165) is 10.8 Å². The van der Waals surface area contributed by atoms with Crippen LogP contribution in [0, 0.1) is 0 Å². The van der Waals surface area contributed by atoms with E-state index < -0.39 is 6.10 Å². The van der Waals surface area contributed by atoms with E-state index in [1.54, 1.807) is 49.6 Å². The van der Waals surface area contributed by atoms with Gasteiger partial charge in [0.05, 0.1) is 24.1 Å². The Morgan fingerprint density at radius 1 is 0.935 bits per heavy atom. The summed E-state index contributed by atoms with van der Waals surface area (Å²) in [4.78, 5) is 25.4. The van der Waals surface area contributed by atoms with Crippen LogP contribution in [0.3, 0.4) is 0 Å². The molecule has 0 fully saturated rings. The summed E-state index contributed by atoms with van der Waals surface area (Å²) in [6.45, 7) is 1.94. The number of hydrogen-bond acceptors (Lipinski definition) is 4. The van der Waals surface area contributed by atoms with Crippen molar-refractivity contribution in [1.82, 2.24) is 5.32 Å². The van der Waals surface area contributed by atoms with Gasteiger partial charge in [0.1, 0.15) is 11.5 Å². The monoisotopic (exact) mass is 414 g/mol. The molecule has 0 aliphatic heterocycles. The highest BCUT2D eigenvalue weighted by atomic mass is 16.5. The number of anilines is 1. The Morgan fingerprint density at radius 3 is 2.55 bits per heavy atom. The van der Waals surface area contributed by atoms with E-state index in [-0.39, 0.29) is 18.4 Å². The molecule has 31 heavy (non-hydrogen) atoms. The minimum Gasteiger partial charge on any atom is -0.480 e. The Labute approximate surface area is 179 Å². The molecule has 1 aromatic heterocycles. The van der Waals surface area contributed by atoms with E-state index in [4.69, 9.17) is 9.15 Å². The van der Waals surface area contributed by atoms with Crippen molar-refractivity contribution in [3.05, 3.63) is 96.4 Å². The Morgan fingerprint density at radius 2 is 1.71 bits per heavy atom. The molecular formula is C25H22N2O4. The van der Waals surface area contributed by atoms with Gasteiger partial charge in [-0.25, -0.2) is 0 Å². The average molecular weight is 414 g/mol. The molecule has 1 heterocycles. The van der Waals surface area contributed by atoms with Crippen LogP contribution < -0.4 is 15.4 Å². The Balaban J connectivity index is 1.45. The predicted octanol–water partition coefficient (Wildman–Crippen LogP) is 4.77. The molecule has 0 saturated carbocycles. The van der Waals surface area contributed by atoms with Crippen LogP contribution in [0.4, 0.5) is 5.69 Å². The highest BCUT2D eigenvalue weighted by molar-refractivity contribution is 6.04. The Kier molecular flexibility index (Phi) is 5.98. The van der Waals surface area contributed by atoms with Gasteiger partial charge in [-0.1, -0.05) is 48.5 Å². The molecule has 0 aliphatic carbocycles. The molecule has 4 aromatic rings. The van der Waals surface area contributed by atoms with Crippen LogP contribution >= 0.6 is 0 Å². The lowest BCUT2D eigenvalue weighted by molar-refractivity contribution is -0.122. The number of carbonyl (C=O) groups is 2. The Hall–Kier alpha value is -4.06. The zero-order valence-corrected chi connectivity index (χ0v) is 17.0. The highest BCUT2D eigenvalue weighted by Crippen LogP contribution is 2.26. The number of nitrogens with one attached hydrogen (secondary N) is 2. The maximum atomic E-state index is 12.8. The number of amides is 2. The lowest BCUT2D eigenvalue weighted by Gasteiger charge is -2.17. The van der Waals surface area contributed by atoms with Gasteiger partial charge in [-0.3, -0.25) is 9.59 Å². The molecule has 156 valence electrons. The minimum absolute atomic E-state index is 0.259. The van der Waals surface area contributed by atoms with Crippen LogP contribution in [0.5, 0.6) is 5.75 Å². The molecule has 0 bridgehead atoms. The average Bonchev–Trinajstić information content (AvgIpc) is 3.32. The molecule has 0 spiro atoms. The van der Waals surface area contributed by atoms with Gasteiger partial charge < -0.3 is 19.8 Å². The topological polar surface area (TPSA) is 80.6 Å². The molecule has 3 aromatic carbocycles. The molecular weight excluding hydrogens is 392 g/mol. The minimum atomic E-state index is -0.759. The summed E-state index contributed by atoms with van der Waals surface area (Å²) < 4.78 is 11.2. The van der Waals surface area contributed by atoms with Crippen molar-refractivity contribution in [2.45, 2.75) is 19.6 Å². The molecule has 4 rings (SSSR count). The standard InChI is InChI=1S/C25H22N2O4/c1-17(31-23-14-6-9-18-8-2-3-11-20(18)23)24(28)27-22-13-5-4-12-21(22)25(29)26-16-19-10-7-15-30-19/h2-15,17H,16H2,1H3,(H,26,29)(H,27,28). The molecule has 0 saturated heterocycles. The molecule has 0 aliphatic rings. The summed E-state index contributed by atoms with van der Waals surface area (Å²) in [5.41, 5.74) is 0.776. The fraction of sp³-hybridized carbons (Fsp3) is 0.120. The molecule has 1 unspecified atom stereocenters. The first-order valence-electron chi connectivity index (χ1n) is 9.97. The van der Waals surface area contributed by atoms with Crippen molar-refractivity contribution in [3.63, 3.8) is 0 Å². The fourth-order valence-corrected chi connectivity index (χ4v) is 3.24. The summed E-state index contributed by atoms with van der Waals surface area (Å²) in [7, 11) is 0. The second kappa shape index (κ2) is 9.17. The van der Waals surface area contributed by atoms with Crippen molar-refractivity contribution >= 4 is 28.3 Å². The molecule has 1 atom stereocenters. The SMILES string of the molecule is CC(Oc1cccc2ccccc12)C(=O)Nc1ccccc1C(=O)NCc1ccco1. The van der Waals surface area contributed by atoms with E-state index in [0.29, 0.717) is 22.8 Å². The fourth-order valence-electron chi connectivity index (χ4n) is 3.24. The van der Waals surface area contributed by atoms with Gasteiger partial charge in [0.2, 0.25) is 0 Å². The van der Waals surface area contributed by atoms with Gasteiger partial charge in [-0.05, 0) is 42.6 Å². The van der Waals surface area contributed by atoms with Crippen molar-refractivity contribution in [1.29, 1.82) is 0 Å². The van der Waals surface area contributed by atoms with Crippen LogP contribution in [0.1, 0.15) is 23.0 Å². The third-order valence-corrected chi connectivity index (χ3v) is 4.86. The zero-order valence-electron chi connectivity index (χ0n) is 17.0. The number of fused-ring (bicyclic) bond motifs is 1.